The van der Waals surface area contributed by atoms with E-state index < -0.39 is 0 Å². The van der Waals surface area contributed by atoms with E-state index in [-0.39, 0.29) is 0 Å². The van der Waals surface area contributed by atoms with E-state index in [1.165, 1.54) is 0 Å². The fourth-order valence-corrected chi connectivity index (χ4v) is 3.89. The zero-order valence-corrected chi connectivity index (χ0v) is 18.4. The SMILES string of the molecule is [C-]#[N+]c1ccc2nccc(Nc3ccc(-c4nc5ncc(Nc6ccncc6)cc5[nH]4)cc3)c2c1. The van der Waals surface area contributed by atoms with Crippen molar-refractivity contribution < 1.29 is 0 Å². The predicted molar refractivity (Wildman–Crippen MR) is 138 cm³/mol. The molecule has 0 bridgehead atoms. The van der Waals surface area contributed by atoms with Gasteiger partial charge in [-0.05, 0) is 60.7 Å². The fourth-order valence-electron chi connectivity index (χ4n) is 3.89. The summed E-state index contributed by atoms with van der Waals surface area (Å²) in [5, 5.41) is 7.66. The monoisotopic (exact) mass is 454 g/mol. The van der Waals surface area contributed by atoms with E-state index in [9.17, 15) is 0 Å². The van der Waals surface area contributed by atoms with Crippen LogP contribution >= 0.6 is 0 Å². The zero-order chi connectivity index (χ0) is 23.6. The van der Waals surface area contributed by atoms with Crippen molar-refractivity contribution in [2.24, 2.45) is 0 Å². The average Bonchev–Trinajstić information content (AvgIpc) is 3.33. The third-order valence-electron chi connectivity index (χ3n) is 5.60. The van der Waals surface area contributed by atoms with Crippen LogP contribution in [0, 0.1) is 6.57 Å². The maximum absolute atomic E-state index is 7.28. The van der Waals surface area contributed by atoms with Gasteiger partial charge >= 0.3 is 0 Å². The molecule has 35 heavy (non-hydrogen) atoms. The van der Waals surface area contributed by atoms with Crippen LogP contribution < -0.4 is 10.6 Å². The summed E-state index contributed by atoms with van der Waals surface area (Å²) in [4.78, 5) is 24.4. The molecule has 0 saturated carbocycles. The van der Waals surface area contributed by atoms with Crippen LogP contribution in [-0.4, -0.2) is 24.9 Å². The Bertz CT molecular complexity index is 1700. The number of fused-ring (bicyclic) bond motifs is 2. The molecular formula is C27H18N8. The van der Waals surface area contributed by atoms with Crippen molar-refractivity contribution in [2.75, 3.05) is 10.6 Å². The minimum absolute atomic E-state index is 0.585. The molecule has 0 aliphatic rings. The van der Waals surface area contributed by atoms with E-state index in [0.717, 1.165) is 50.6 Å². The van der Waals surface area contributed by atoms with Gasteiger partial charge in [-0.25, -0.2) is 14.8 Å². The van der Waals surface area contributed by atoms with Crippen LogP contribution in [0.2, 0.25) is 0 Å². The zero-order valence-electron chi connectivity index (χ0n) is 18.4. The van der Waals surface area contributed by atoms with Crippen LogP contribution in [0.1, 0.15) is 0 Å². The Hall–Kier alpha value is -5.29. The van der Waals surface area contributed by atoms with Crippen molar-refractivity contribution in [3.05, 3.63) is 103 Å². The van der Waals surface area contributed by atoms with Gasteiger partial charge in [0.05, 0.1) is 29.5 Å². The highest BCUT2D eigenvalue weighted by Crippen LogP contribution is 2.30. The maximum Gasteiger partial charge on any atom is 0.188 e. The molecular weight excluding hydrogens is 436 g/mol. The van der Waals surface area contributed by atoms with Gasteiger partial charge in [0.2, 0.25) is 0 Å². The van der Waals surface area contributed by atoms with Gasteiger partial charge in [-0.15, -0.1) is 0 Å². The van der Waals surface area contributed by atoms with E-state index in [1.807, 2.05) is 60.7 Å². The first-order chi connectivity index (χ1) is 17.2. The molecule has 0 amide bonds. The first-order valence-corrected chi connectivity index (χ1v) is 10.9. The van der Waals surface area contributed by atoms with Gasteiger partial charge in [-0.3, -0.25) is 9.97 Å². The molecule has 6 aromatic rings. The van der Waals surface area contributed by atoms with Gasteiger partial charge in [-0.2, -0.15) is 0 Å². The van der Waals surface area contributed by atoms with Gasteiger partial charge in [0, 0.05) is 46.6 Å². The summed E-state index contributed by atoms with van der Waals surface area (Å²) in [6, 6.07) is 21.2. The predicted octanol–water partition coefficient (Wildman–Crippen LogP) is 6.61. The number of aromatic nitrogens is 5. The Kier molecular flexibility index (Phi) is 4.98. The van der Waals surface area contributed by atoms with E-state index in [2.05, 4.69) is 40.4 Å². The second-order valence-electron chi connectivity index (χ2n) is 7.92. The lowest BCUT2D eigenvalue weighted by Gasteiger charge is -2.10. The Labute approximate surface area is 200 Å². The quantitative estimate of drug-likeness (QED) is 0.254. The van der Waals surface area contributed by atoms with E-state index in [0.29, 0.717) is 11.3 Å². The average molecular weight is 454 g/mol. The summed E-state index contributed by atoms with van der Waals surface area (Å²) in [7, 11) is 0. The number of hydrogen-bond donors (Lipinski definition) is 3. The van der Waals surface area contributed by atoms with Crippen LogP contribution in [-0.2, 0) is 0 Å². The van der Waals surface area contributed by atoms with Crippen molar-refractivity contribution >= 4 is 50.5 Å². The Balaban J connectivity index is 1.25. The minimum atomic E-state index is 0.585. The Morgan fingerprint density at radius 1 is 0.771 bits per heavy atom. The number of H-pyrrole nitrogens is 1. The van der Waals surface area contributed by atoms with E-state index in [1.54, 1.807) is 30.9 Å². The van der Waals surface area contributed by atoms with Crippen molar-refractivity contribution in [2.45, 2.75) is 0 Å². The molecule has 0 unspecified atom stereocenters. The van der Waals surface area contributed by atoms with Gasteiger partial charge in [-0.1, -0.05) is 6.07 Å². The third-order valence-corrected chi connectivity index (χ3v) is 5.60. The topological polar surface area (TPSA) is 95.8 Å². The van der Waals surface area contributed by atoms with Crippen LogP contribution in [0.5, 0.6) is 0 Å². The Morgan fingerprint density at radius 2 is 1.60 bits per heavy atom. The fraction of sp³-hybridized carbons (Fsp3) is 0. The summed E-state index contributed by atoms with van der Waals surface area (Å²) in [6.07, 6.45) is 7.00. The largest absolute Gasteiger partial charge is 0.355 e. The summed E-state index contributed by atoms with van der Waals surface area (Å²) < 4.78 is 0. The summed E-state index contributed by atoms with van der Waals surface area (Å²) in [5.74, 6) is 0.746. The van der Waals surface area contributed by atoms with Gasteiger partial charge in [0.25, 0.3) is 0 Å². The number of hydrogen-bond acceptors (Lipinski definition) is 6. The Morgan fingerprint density at radius 3 is 2.43 bits per heavy atom. The molecule has 4 heterocycles. The molecule has 166 valence electrons. The van der Waals surface area contributed by atoms with Crippen LogP contribution in [0.25, 0.3) is 38.3 Å². The molecule has 0 radical (unpaired) electrons. The van der Waals surface area contributed by atoms with Crippen LogP contribution in [0.3, 0.4) is 0 Å². The number of pyridine rings is 3. The first kappa shape index (κ1) is 20.3. The standard InChI is InChI=1S/C27H18N8/c1-28-20-6-7-23-22(14-20)24(10-13-30-23)33-18-4-2-17(3-5-18)26-34-25-15-21(16-31-27(25)35-26)32-19-8-11-29-12-9-19/h2-16H,(H,29,32)(H,30,33)(H,31,34,35). The molecule has 6 rings (SSSR count). The van der Waals surface area contributed by atoms with E-state index >= 15 is 0 Å². The van der Waals surface area contributed by atoms with Gasteiger partial charge in [0.1, 0.15) is 5.82 Å². The van der Waals surface area contributed by atoms with Crippen molar-refractivity contribution in [1.29, 1.82) is 0 Å². The molecule has 0 spiro atoms. The smallest absolute Gasteiger partial charge is 0.188 e. The van der Waals surface area contributed by atoms with Gasteiger partial charge < -0.3 is 15.6 Å². The molecule has 0 aliphatic carbocycles. The highest BCUT2D eigenvalue weighted by Gasteiger charge is 2.09. The second kappa shape index (κ2) is 8.57. The molecule has 0 fully saturated rings. The molecule has 0 aliphatic heterocycles. The number of anilines is 4. The lowest BCUT2D eigenvalue weighted by atomic mass is 10.1. The first-order valence-electron chi connectivity index (χ1n) is 10.9. The normalized spacial score (nSPS) is 10.8. The summed E-state index contributed by atoms with van der Waals surface area (Å²) in [6.45, 7) is 7.28. The number of imidazole rings is 1. The summed E-state index contributed by atoms with van der Waals surface area (Å²) in [5.41, 5.74) is 7.50. The second-order valence-corrected chi connectivity index (χ2v) is 7.92. The minimum Gasteiger partial charge on any atom is -0.355 e. The number of aromatic amines is 1. The molecule has 0 atom stereocenters. The lowest BCUT2D eigenvalue weighted by molar-refractivity contribution is 1.30. The highest BCUT2D eigenvalue weighted by molar-refractivity contribution is 5.95. The van der Waals surface area contributed by atoms with Crippen molar-refractivity contribution in [3.8, 4) is 11.4 Å². The van der Waals surface area contributed by atoms with Crippen molar-refractivity contribution in [1.82, 2.24) is 24.9 Å². The van der Waals surface area contributed by atoms with Crippen LogP contribution in [0.15, 0.2) is 91.5 Å². The summed E-state index contributed by atoms with van der Waals surface area (Å²) >= 11 is 0. The molecule has 8 nitrogen and oxygen atoms in total. The highest BCUT2D eigenvalue weighted by atomic mass is 15.0. The number of nitrogens with zero attached hydrogens (tertiary/aromatic N) is 5. The number of rotatable bonds is 5. The van der Waals surface area contributed by atoms with E-state index in [4.69, 9.17) is 6.57 Å². The van der Waals surface area contributed by atoms with Crippen molar-refractivity contribution in [3.63, 3.8) is 0 Å². The molecule has 8 heteroatoms. The maximum atomic E-state index is 7.28. The number of nitrogens with one attached hydrogen (secondary N) is 3. The van der Waals surface area contributed by atoms with Crippen LogP contribution in [0.4, 0.5) is 28.4 Å². The molecule has 0 saturated heterocycles. The van der Waals surface area contributed by atoms with Gasteiger partial charge in [0.15, 0.2) is 11.3 Å². The molecule has 4 aromatic heterocycles. The number of benzene rings is 2. The molecule has 3 N–H and O–H groups in total. The molecule has 2 aromatic carbocycles. The lowest BCUT2D eigenvalue weighted by Crippen LogP contribution is -1.92. The third kappa shape index (κ3) is 4.10.